The summed E-state index contributed by atoms with van der Waals surface area (Å²) in [5, 5.41) is 4.44. The second kappa shape index (κ2) is 6.29. The van der Waals surface area contributed by atoms with Crippen LogP contribution in [0.2, 0.25) is 0 Å². The quantitative estimate of drug-likeness (QED) is 0.701. The van der Waals surface area contributed by atoms with Crippen LogP contribution in [0.5, 0.6) is 5.75 Å². The molecule has 2 heterocycles. The van der Waals surface area contributed by atoms with Crippen LogP contribution < -0.4 is 21.5 Å². The fourth-order valence-corrected chi connectivity index (χ4v) is 2.11. The maximum Gasteiger partial charge on any atom is 0.307 e. The lowest BCUT2D eigenvalue weighted by Crippen LogP contribution is -2.26. The van der Waals surface area contributed by atoms with Crippen molar-refractivity contribution in [1.82, 2.24) is 5.43 Å². The monoisotopic (exact) mass is 327 g/mol. The molecule has 3 rings (SSSR count). The summed E-state index contributed by atoms with van der Waals surface area (Å²) in [5.74, 6) is -0.810. The first-order valence-corrected chi connectivity index (χ1v) is 6.88. The molecule has 0 unspecified atom stereocenters. The minimum atomic E-state index is -0.741. The van der Waals surface area contributed by atoms with Gasteiger partial charge in [-0.15, -0.1) is 5.10 Å². The molecule has 1 aromatic carbocycles. The van der Waals surface area contributed by atoms with Crippen molar-refractivity contribution < 1.29 is 23.2 Å². The molecular weight excluding hydrogens is 314 g/mol. The maximum atomic E-state index is 11.9. The third-order valence-electron chi connectivity index (χ3n) is 3.23. The van der Waals surface area contributed by atoms with Crippen LogP contribution in [0.4, 0.5) is 0 Å². The number of carbonyl (C=O) groups is 2. The highest BCUT2D eigenvalue weighted by Crippen LogP contribution is 2.24. The van der Waals surface area contributed by atoms with Crippen LogP contribution in [0.25, 0.3) is 11.0 Å². The number of methoxy groups -OCH3 is 1. The first-order chi connectivity index (χ1) is 11.6. The van der Waals surface area contributed by atoms with E-state index in [1.165, 1.54) is 25.5 Å². The van der Waals surface area contributed by atoms with Crippen LogP contribution >= 0.6 is 0 Å². The van der Waals surface area contributed by atoms with Crippen molar-refractivity contribution in [3.05, 3.63) is 59.5 Å². The van der Waals surface area contributed by atoms with Gasteiger partial charge in [0, 0.05) is 5.39 Å². The van der Waals surface area contributed by atoms with Crippen LogP contribution in [0, 0.1) is 0 Å². The molecule has 2 amide bonds. The molecule has 122 valence electrons. The normalized spacial score (nSPS) is 11.5. The van der Waals surface area contributed by atoms with Crippen molar-refractivity contribution in [3.63, 3.8) is 0 Å². The van der Waals surface area contributed by atoms with Gasteiger partial charge in [-0.2, -0.15) is 0 Å². The Morgan fingerprint density at radius 2 is 2.08 bits per heavy atom. The Hall–Kier alpha value is -3.55. The molecular formula is C16H13N3O5. The molecule has 0 radical (unpaired) electrons. The van der Waals surface area contributed by atoms with E-state index in [0.717, 1.165) is 0 Å². The number of rotatable bonds is 4. The Morgan fingerprint density at radius 3 is 2.75 bits per heavy atom. The first-order valence-electron chi connectivity index (χ1n) is 6.88. The van der Waals surface area contributed by atoms with Crippen molar-refractivity contribution in [3.8, 4) is 5.75 Å². The highest BCUT2D eigenvalue weighted by molar-refractivity contribution is 5.96. The lowest BCUT2D eigenvalue weighted by Gasteiger charge is -2.06. The lowest BCUT2D eigenvalue weighted by molar-refractivity contribution is 0.0920. The van der Waals surface area contributed by atoms with E-state index in [1.54, 1.807) is 24.3 Å². The second-order valence-corrected chi connectivity index (χ2v) is 4.74. The number of carbonyl (C=O) groups excluding carboxylic acids is 2. The molecule has 0 atom stereocenters. The number of fused-ring (bicyclic) bond motifs is 1. The summed E-state index contributed by atoms with van der Waals surface area (Å²) in [6.07, 6.45) is 1.36. The largest absolute Gasteiger partial charge is 0.493 e. The van der Waals surface area contributed by atoms with Crippen molar-refractivity contribution in [2.75, 3.05) is 7.11 Å². The van der Waals surface area contributed by atoms with E-state index in [0.29, 0.717) is 16.7 Å². The summed E-state index contributed by atoms with van der Waals surface area (Å²) in [6, 6.07) is 9.73. The van der Waals surface area contributed by atoms with E-state index in [4.69, 9.17) is 19.3 Å². The van der Waals surface area contributed by atoms with E-state index in [9.17, 15) is 9.59 Å². The molecule has 0 spiro atoms. The first kappa shape index (κ1) is 15.3. The van der Waals surface area contributed by atoms with Gasteiger partial charge < -0.3 is 19.3 Å². The smallest absolute Gasteiger partial charge is 0.307 e. The summed E-state index contributed by atoms with van der Waals surface area (Å²) in [4.78, 5) is 23.5. The highest BCUT2D eigenvalue weighted by Gasteiger charge is 2.13. The predicted octanol–water partition coefficient (Wildman–Crippen LogP) is 1.38. The number of benzene rings is 1. The third kappa shape index (κ3) is 2.84. The molecule has 8 nitrogen and oxygen atoms in total. The number of amides is 2. The summed E-state index contributed by atoms with van der Waals surface area (Å²) in [5.41, 5.74) is 7.86. The van der Waals surface area contributed by atoms with Gasteiger partial charge in [-0.05, 0) is 24.3 Å². The number of nitrogens with zero attached hydrogens (tertiary/aromatic N) is 1. The van der Waals surface area contributed by atoms with E-state index in [1.807, 2.05) is 0 Å². The second-order valence-electron chi connectivity index (χ2n) is 4.74. The van der Waals surface area contributed by atoms with Crippen LogP contribution in [-0.2, 0) is 0 Å². The Labute approximate surface area is 135 Å². The molecule has 2 aromatic heterocycles. The molecule has 0 saturated carbocycles. The Bertz CT molecular complexity index is 973. The molecule has 0 fully saturated rings. The summed E-state index contributed by atoms with van der Waals surface area (Å²) < 4.78 is 15.8. The zero-order valence-corrected chi connectivity index (χ0v) is 12.6. The molecule has 0 aliphatic rings. The topological polar surface area (TPSA) is 120 Å². The fourth-order valence-electron chi connectivity index (χ4n) is 2.11. The number of furan rings is 1. The van der Waals surface area contributed by atoms with Crippen LogP contribution in [0.1, 0.15) is 20.9 Å². The Morgan fingerprint density at radius 1 is 1.25 bits per heavy atom. The van der Waals surface area contributed by atoms with Crippen LogP contribution in [0.3, 0.4) is 0 Å². The Balaban J connectivity index is 2.10. The van der Waals surface area contributed by atoms with Gasteiger partial charge in [-0.25, -0.2) is 5.43 Å². The van der Waals surface area contributed by atoms with Gasteiger partial charge in [0.05, 0.1) is 13.4 Å². The van der Waals surface area contributed by atoms with Gasteiger partial charge in [-0.1, -0.05) is 12.1 Å². The van der Waals surface area contributed by atoms with Crippen LogP contribution in [0.15, 0.2) is 56.6 Å². The van der Waals surface area contributed by atoms with Gasteiger partial charge in [0.2, 0.25) is 5.55 Å². The molecule has 0 aliphatic heterocycles. The highest BCUT2D eigenvalue weighted by atomic mass is 16.5. The SMILES string of the molecule is COc1cccc2cc(C(N)=O)/c(=N\NC(=O)c3ccco3)oc12. The van der Waals surface area contributed by atoms with Gasteiger partial charge in [0.1, 0.15) is 5.56 Å². The van der Waals surface area contributed by atoms with Crippen molar-refractivity contribution in [2.45, 2.75) is 0 Å². The average molecular weight is 327 g/mol. The third-order valence-corrected chi connectivity index (χ3v) is 3.23. The van der Waals surface area contributed by atoms with Gasteiger partial charge in [0.15, 0.2) is 17.1 Å². The standard InChI is InChI=1S/C16H13N3O5/c1-22-11-5-2-4-9-8-10(14(17)20)16(24-13(9)11)19-18-15(21)12-6-3-7-23-12/h2-8H,1H3,(H2,17,20)(H,18,21)/b19-16+. The number of nitrogens with one attached hydrogen (secondary N) is 1. The zero-order chi connectivity index (χ0) is 17.1. The van der Waals surface area contributed by atoms with Crippen LogP contribution in [-0.4, -0.2) is 18.9 Å². The van der Waals surface area contributed by atoms with Gasteiger partial charge >= 0.3 is 5.91 Å². The van der Waals surface area contributed by atoms with E-state index >= 15 is 0 Å². The zero-order valence-electron chi connectivity index (χ0n) is 12.6. The number of para-hydroxylation sites is 1. The van der Waals surface area contributed by atoms with Gasteiger partial charge in [0.25, 0.3) is 5.91 Å². The lowest BCUT2D eigenvalue weighted by atomic mass is 10.1. The summed E-state index contributed by atoms with van der Waals surface area (Å²) in [7, 11) is 1.49. The molecule has 0 saturated heterocycles. The molecule has 0 bridgehead atoms. The van der Waals surface area contributed by atoms with E-state index in [-0.39, 0.29) is 16.9 Å². The minimum Gasteiger partial charge on any atom is -0.493 e. The van der Waals surface area contributed by atoms with Crippen molar-refractivity contribution in [1.29, 1.82) is 0 Å². The fraction of sp³-hybridized carbons (Fsp3) is 0.0625. The predicted molar refractivity (Wildman–Crippen MR) is 83.0 cm³/mol. The number of hydrogen-bond donors (Lipinski definition) is 2. The van der Waals surface area contributed by atoms with E-state index in [2.05, 4.69) is 10.5 Å². The maximum absolute atomic E-state index is 11.9. The number of ether oxygens (including phenoxy) is 1. The summed E-state index contributed by atoms with van der Waals surface area (Å²) >= 11 is 0. The van der Waals surface area contributed by atoms with Crippen molar-refractivity contribution >= 4 is 22.8 Å². The van der Waals surface area contributed by atoms with Gasteiger partial charge in [-0.3, -0.25) is 9.59 Å². The number of primary amides is 1. The molecule has 24 heavy (non-hydrogen) atoms. The minimum absolute atomic E-state index is 0.0236. The van der Waals surface area contributed by atoms with Crippen molar-refractivity contribution in [2.24, 2.45) is 10.8 Å². The summed E-state index contributed by atoms with van der Waals surface area (Å²) in [6.45, 7) is 0. The number of nitrogens with two attached hydrogens (primary N) is 1. The van der Waals surface area contributed by atoms with E-state index < -0.39 is 11.8 Å². The average Bonchev–Trinajstić information content (AvgIpc) is 3.12. The Kier molecular flexibility index (Phi) is 4.02. The molecule has 0 aliphatic carbocycles. The number of hydrogen-bond acceptors (Lipinski definition) is 6. The molecule has 3 N–H and O–H groups in total. The molecule has 3 aromatic rings. The molecule has 8 heteroatoms.